The third-order valence-electron chi connectivity index (χ3n) is 2.74. The second-order valence-electron chi connectivity index (χ2n) is 4.84. The Labute approximate surface area is 117 Å². The van der Waals surface area contributed by atoms with E-state index < -0.39 is 0 Å². The van der Waals surface area contributed by atoms with Crippen molar-refractivity contribution in [3.63, 3.8) is 0 Å². The van der Waals surface area contributed by atoms with Crippen molar-refractivity contribution >= 4 is 23.7 Å². The highest BCUT2D eigenvalue weighted by Gasteiger charge is 2.14. The van der Waals surface area contributed by atoms with E-state index in [4.69, 9.17) is 10.5 Å². The van der Waals surface area contributed by atoms with Crippen LogP contribution in [0.2, 0.25) is 0 Å². The van der Waals surface area contributed by atoms with Gasteiger partial charge in [0.25, 0.3) is 0 Å². The van der Waals surface area contributed by atoms with Crippen molar-refractivity contribution in [2.45, 2.75) is 44.5 Å². The topological polar surface area (TPSA) is 86.0 Å². The molecule has 3 N–H and O–H groups in total. The van der Waals surface area contributed by atoms with E-state index in [0.717, 1.165) is 6.54 Å². The van der Waals surface area contributed by atoms with Crippen molar-refractivity contribution in [3.05, 3.63) is 0 Å². The molecule has 1 atom stereocenters. The van der Waals surface area contributed by atoms with Gasteiger partial charge in [0, 0.05) is 11.8 Å². The van der Waals surface area contributed by atoms with Crippen LogP contribution in [0.5, 0.6) is 6.01 Å². The molecule has 1 aromatic heterocycles. The van der Waals surface area contributed by atoms with Crippen molar-refractivity contribution in [1.82, 2.24) is 15.0 Å². The highest BCUT2D eigenvalue weighted by Crippen LogP contribution is 2.25. The van der Waals surface area contributed by atoms with E-state index in [9.17, 15) is 0 Å². The van der Waals surface area contributed by atoms with Crippen LogP contribution in [-0.2, 0) is 0 Å². The Morgan fingerprint density at radius 1 is 1.37 bits per heavy atom. The van der Waals surface area contributed by atoms with Gasteiger partial charge in [0.1, 0.15) is 0 Å². The third-order valence-corrected chi connectivity index (χ3v) is 4.13. The summed E-state index contributed by atoms with van der Waals surface area (Å²) in [5.74, 6) is 1.92. The number of nitrogen functional groups attached to an aromatic ring is 1. The first kappa shape index (κ1) is 14.2. The van der Waals surface area contributed by atoms with Gasteiger partial charge in [0.05, 0.1) is 6.10 Å². The molecular weight excluding hydrogens is 262 g/mol. The zero-order chi connectivity index (χ0) is 13.7. The molecule has 0 aliphatic carbocycles. The highest BCUT2D eigenvalue weighted by atomic mass is 32.2. The minimum absolute atomic E-state index is 0.0172. The van der Waals surface area contributed by atoms with Crippen molar-refractivity contribution in [2.24, 2.45) is 0 Å². The number of nitrogens with two attached hydrogens (primary N) is 1. The molecular formula is C12H21N5OS. The summed E-state index contributed by atoms with van der Waals surface area (Å²) < 4.78 is 5.44. The van der Waals surface area contributed by atoms with E-state index >= 15 is 0 Å². The lowest BCUT2D eigenvalue weighted by Gasteiger charge is -2.21. The molecule has 1 fully saturated rings. The lowest BCUT2D eigenvalue weighted by Crippen LogP contribution is -2.21. The summed E-state index contributed by atoms with van der Waals surface area (Å²) in [6.07, 6.45) is 3.89. The van der Waals surface area contributed by atoms with Gasteiger partial charge < -0.3 is 15.8 Å². The summed E-state index contributed by atoms with van der Waals surface area (Å²) >= 11 is 2.01. The lowest BCUT2D eigenvalue weighted by atomic mass is 10.2. The largest absolute Gasteiger partial charge is 0.461 e. The molecule has 0 amide bonds. The van der Waals surface area contributed by atoms with Crippen LogP contribution in [0, 0.1) is 0 Å². The van der Waals surface area contributed by atoms with Crippen LogP contribution in [0.3, 0.4) is 0 Å². The number of thioether (sulfide) groups is 1. The zero-order valence-corrected chi connectivity index (χ0v) is 12.2. The fourth-order valence-electron chi connectivity index (χ4n) is 1.89. The maximum atomic E-state index is 5.66. The van der Waals surface area contributed by atoms with Gasteiger partial charge in [0.2, 0.25) is 11.9 Å². The molecule has 0 bridgehead atoms. The molecule has 19 heavy (non-hydrogen) atoms. The Hall–Kier alpha value is -1.24. The predicted octanol–water partition coefficient (Wildman–Crippen LogP) is 1.94. The summed E-state index contributed by atoms with van der Waals surface area (Å²) in [6.45, 7) is 4.70. The molecule has 106 valence electrons. The molecule has 1 aliphatic rings. The molecule has 7 heteroatoms. The minimum atomic E-state index is 0.0172. The summed E-state index contributed by atoms with van der Waals surface area (Å²) in [7, 11) is 0. The number of aromatic nitrogens is 3. The summed E-state index contributed by atoms with van der Waals surface area (Å²) in [5.41, 5.74) is 5.66. The lowest BCUT2D eigenvalue weighted by molar-refractivity contribution is 0.222. The monoisotopic (exact) mass is 283 g/mol. The van der Waals surface area contributed by atoms with E-state index in [0.29, 0.717) is 11.2 Å². The van der Waals surface area contributed by atoms with Crippen molar-refractivity contribution in [2.75, 3.05) is 23.3 Å². The number of anilines is 2. The number of nitrogens with one attached hydrogen (secondary N) is 1. The molecule has 0 aromatic carbocycles. The van der Waals surface area contributed by atoms with Crippen LogP contribution >= 0.6 is 11.8 Å². The minimum Gasteiger partial charge on any atom is -0.461 e. The molecule has 1 saturated heterocycles. The van der Waals surface area contributed by atoms with Gasteiger partial charge in [-0.25, -0.2) is 0 Å². The average Bonchev–Trinajstić information content (AvgIpc) is 2.36. The van der Waals surface area contributed by atoms with Gasteiger partial charge in [-0.15, -0.1) is 0 Å². The first-order valence-electron chi connectivity index (χ1n) is 6.67. The smallest absolute Gasteiger partial charge is 0.323 e. The molecule has 0 spiro atoms. The first-order chi connectivity index (χ1) is 9.13. The first-order valence-corrected chi connectivity index (χ1v) is 7.72. The van der Waals surface area contributed by atoms with E-state index in [1.165, 1.54) is 25.0 Å². The van der Waals surface area contributed by atoms with Gasteiger partial charge in [-0.1, -0.05) is 6.42 Å². The Morgan fingerprint density at radius 3 is 2.89 bits per heavy atom. The molecule has 1 aliphatic heterocycles. The van der Waals surface area contributed by atoms with Gasteiger partial charge in [-0.05, 0) is 32.4 Å². The summed E-state index contributed by atoms with van der Waals surface area (Å²) in [6, 6.07) is 0.279. The third kappa shape index (κ3) is 4.74. The van der Waals surface area contributed by atoms with Gasteiger partial charge in [-0.2, -0.15) is 26.7 Å². The molecule has 2 rings (SSSR count). The maximum Gasteiger partial charge on any atom is 0.323 e. The van der Waals surface area contributed by atoms with Crippen LogP contribution in [0.1, 0.15) is 33.1 Å². The number of rotatable bonds is 5. The molecule has 6 nitrogen and oxygen atoms in total. The zero-order valence-electron chi connectivity index (χ0n) is 11.4. The normalized spacial score (nSPS) is 19.4. The Bertz CT molecular complexity index is 409. The van der Waals surface area contributed by atoms with Crippen molar-refractivity contribution in [1.29, 1.82) is 0 Å². The predicted molar refractivity (Wildman–Crippen MR) is 78.6 cm³/mol. The number of hydrogen-bond acceptors (Lipinski definition) is 7. The van der Waals surface area contributed by atoms with E-state index in [2.05, 4.69) is 20.3 Å². The van der Waals surface area contributed by atoms with Gasteiger partial charge in [0.15, 0.2) is 0 Å². The summed E-state index contributed by atoms with van der Waals surface area (Å²) in [5, 5.41) is 3.85. The van der Waals surface area contributed by atoms with Crippen LogP contribution < -0.4 is 15.8 Å². The highest BCUT2D eigenvalue weighted by molar-refractivity contribution is 7.99. The quantitative estimate of drug-likeness (QED) is 0.854. The fourth-order valence-corrected chi connectivity index (χ4v) is 3.13. The second kappa shape index (κ2) is 6.79. The number of nitrogens with zero attached hydrogens (tertiary/aromatic N) is 3. The van der Waals surface area contributed by atoms with Gasteiger partial charge >= 0.3 is 6.01 Å². The van der Waals surface area contributed by atoms with E-state index in [-0.39, 0.29) is 18.1 Å². The van der Waals surface area contributed by atoms with Crippen LogP contribution in [-0.4, -0.2) is 38.6 Å². The van der Waals surface area contributed by atoms with Gasteiger partial charge in [-0.3, -0.25) is 0 Å². The Morgan fingerprint density at radius 2 is 2.21 bits per heavy atom. The molecule has 2 heterocycles. The van der Waals surface area contributed by atoms with Crippen LogP contribution in [0.15, 0.2) is 0 Å². The number of ether oxygens (including phenoxy) is 1. The maximum absolute atomic E-state index is 5.66. The van der Waals surface area contributed by atoms with Crippen LogP contribution in [0.4, 0.5) is 11.9 Å². The molecule has 1 aromatic rings. The van der Waals surface area contributed by atoms with E-state index in [1.807, 2.05) is 25.6 Å². The molecule has 1 unspecified atom stereocenters. The number of hydrogen-bond donors (Lipinski definition) is 2. The average molecular weight is 283 g/mol. The molecule has 0 saturated carbocycles. The Kier molecular flexibility index (Phi) is 5.07. The van der Waals surface area contributed by atoms with Crippen molar-refractivity contribution < 1.29 is 4.74 Å². The standard InChI is InChI=1S/C12H21N5OS/c1-8(2)18-12-16-10(13)15-11(17-12)14-7-9-5-3-4-6-19-9/h8-9H,3-7H2,1-2H3,(H3,13,14,15,16,17). The van der Waals surface area contributed by atoms with Crippen molar-refractivity contribution in [3.8, 4) is 6.01 Å². The summed E-state index contributed by atoms with van der Waals surface area (Å²) in [4.78, 5) is 12.3. The SMILES string of the molecule is CC(C)Oc1nc(N)nc(NCC2CCCCS2)n1. The Balaban J connectivity index is 1.93. The second-order valence-corrected chi connectivity index (χ2v) is 6.24. The van der Waals surface area contributed by atoms with Crippen LogP contribution in [0.25, 0.3) is 0 Å². The van der Waals surface area contributed by atoms with E-state index in [1.54, 1.807) is 0 Å². The fraction of sp³-hybridized carbons (Fsp3) is 0.750. The molecule has 0 radical (unpaired) electrons.